The predicted molar refractivity (Wildman–Crippen MR) is 110 cm³/mol. The highest BCUT2D eigenvalue weighted by atomic mass is 16.5. The summed E-state index contributed by atoms with van der Waals surface area (Å²) in [4.78, 5) is 40.9. The number of nitrogens with zero attached hydrogens (tertiary/aromatic N) is 1. The fourth-order valence-electron chi connectivity index (χ4n) is 4.67. The van der Waals surface area contributed by atoms with Crippen molar-refractivity contribution in [1.29, 1.82) is 0 Å². The molecule has 0 aromatic heterocycles. The number of fused-ring (bicyclic) bond motifs is 1. The van der Waals surface area contributed by atoms with Gasteiger partial charge in [-0.2, -0.15) is 0 Å². The third-order valence-electron chi connectivity index (χ3n) is 5.80. The van der Waals surface area contributed by atoms with Crippen molar-refractivity contribution in [2.45, 2.75) is 65.5 Å². The van der Waals surface area contributed by atoms with Crippen LogP contribution < -0.4 is 5.32 Å². The normalized spacial score (nSPS) is 28.6. The SMILES string of the molecule is CCC[C@@H]1C=C[C@H]2[C@@H](C(=O)N(CCCCO)[C@@H]2C(=O)NC(C)C)[C@@H]1C(=O)OCC. The van der Waals surface area contributed by atoms with E-state index in [2.05, 4.69) is 12.2 Å². The van der Waals surface area contributed by atoms with Crippen molar-refractivity contribution in [2.75, 3.05) is 19.8 Å². The highest BCUT2D eigenvalue weighted by molar-refractivity contribution is 5.96. The Morgan fingerprint density at radius 2 is 1.97 bits per heavy atom. The van der Waals surface area contributed by atoms with Gasteiger partial charge in [-0.3, -0.25) is 14.4 Å². The monoisotopic (exact) mass is 408 g/mol. The smallest absolute Gasteiger partial charge is 0.310 e. The van der Waals surface area contributed by atoms with Crippen molar-refractivity contribution >= 4 is 17.8 Å². The molecule has 2 rings (SSSR count). The second kappa shape index (κ2) is 10.8. The first kappa shape index (κ1) is 23.4. The van der Waals surface area contributed by atoms with E-state index in [1.54, 1.807) is 11.8 Å². The third kappa shape index (κ3) is 5.18. The summed E-state index contributed by atoms with van der Waals surface area (Å²) in [6.07, 6.45) is 6.84. The Balaban J connectivity index is 2.40. The van der Waals surface area contributed by atoms with Crippen LogP contribution in [0, 0.1) is 23.7 Å². The Hall–Kier alpha value is -1.89. The molecule has 0 aromatic carbocycles. The Bertz CT molecular complexity index is 618. The standard InChI is InChI=1S/C22H36N2O5/c1-5-9-15-10-11-16-18(17(15)22(28)29-6-2)21(27)24(12-7-8-13-25)19(16)20(26)23-14(3)4/h10-11,14-19,25H,5-9,12-13H2,1-4H3,(H,23,26)/t15-,16+,17-,18-,19+/m1/s1. The van der Waals surface area contributed by atoms with Crippen LogP contribution in [0.4, 0.5) is 0 Å². The van der Waals surface area contributed by atoms with E-state index in [9.17, 15) is 14.4 Å². The van der Waals surface area contributed by atoms with Gasteiger partial charge >= 0.3 is 5.97 Å². The number of ether oxygens (including phenoxy) is 1. The minimum atomic E-state index is -0.635. The average Bonchev–Trinajstić information content (AvgIpc) is 2.94. The lowest BCUT2D eigenvalue weighted by molar-refractivity contribution is -0.155. The van der Waals surface area contributed by atoms with Crippen LogP contribution >= 0.6 is 0 Å². The second-order valence-corrected chi connectivity index (χ2v) is 8.29. The van der Waals surface area contributed by atoms with Crippen molar-refractivity contribution < 1.29 is 24.2 Å². The van der Waals surface area contributed by atoms with Gasteiger partial charge in [0.1, 0.15) is 6.04 Å². The van der Waals surface area contributed by atoms with Crippen LogP contribution in [0.15, 0.2) is 12.2 Å². The summed E-state index contributed by atoms with van der Waals surface area (Å²) in [6, 6.07) is -0.679. The summed E-state index contributed by atoms with van der Waals surface area (Å²) in [7, 11) is 0. The first-order valence-corrected chi connectivity index (χ1v) is 10.9. The second-order valence-electron chi connectivity index (χ2n) is 8.29. The minimum Gasteiger partial charge on any atom is -0.466 e. The van der Waals surface area contributed by atoms with Gasteiger partial charge in [0.15, 0.2) is 0 Å². The summed E-state index contributed by atoms with van der Waals surface area (Å²) in [5, 5.41) is 12.1. The molecule has 7 heteroatoms. The molecule has 7 nitrogen and oxygen atoms in total. The summed E-state index contributed by atoms with van der Waals surface area (Å²) < 4.78 is 5.33. The lowest BCUT2D eigenvalue weighted by atomic mass is 9.69. The van der Waals surface area contributed by atoms with E-state index in [0.29, 0.717) is 19.4 Å². The van der Waals surface area contributed by atoms with Crippen LogP contribution in [0.1, 0.15) is 53.4 Å². The van der Waals surface area contributed by atoms with Crippen molar-refractivity contribution in [1.82, 2.24) is 10.2 Å². The number of carbonyl (C=O) groups excluding carboxylic acids is 3. The lowest BCUT2D eigenvalue weighted by Crippen LogP contribution is -2.49. The zero-order chi connectivity index (χ0) is 21.6. The summed E-state index contributed by atoms with van der Waals surface area (Å²) >= 11 is 0. The zero-order valence-corrected chi connectivity index (χ0v) is 18.1. The number of amides is 2. The number of likely N-dealkylation sites (tertiary alicyclic amines) is 1. The number of rotatable bonds is 10. The van der Waals surface area contributed by atoms with Crippen molar-refractivity contribution in [2.24, 2.45) is 23.7 Å². The molecule has 0 spiro atoms. The van der Waals surface area contributed by atoms with Crippen LogP contribution in [0.3, 0.4) is 0 Å². The molecule has 1 aliphatic carbocycles. The van der Waals surface area contributed by atoms with Crippen LogP contribution in [0.25, 0.3) is 0 Å². The molecule has 0 radical (unpaired) electrons. The molecule has 1 saturated heterocycles. The summed E-state index contributed by atoms with van der Waals surface area (Å²) in [5.41, 5.74) is 0. The number of unbranched alkanes of at least 4 members (excludes halogenated alkanes) is 1. The number of esters is 1. The highest BCUT2D eigenvalue weighted by Crippen LogP contribution is 2.45. The fourth-order valence-corrected chi connectivity index (χ4v) is 4.67. The third-order valence-corrected chi connectivity index (χ3v) is 5.80. The van der Waals surface area contributed by atoms with E-state index < -0.39 is 17.9 Å². The predicted octanol–water partition coefficient (Wildman–Crippen LogP) is 1.89. The quantitative estimate of drug-likeness (QED) is 0.327. The molecule has 1 aliphatic heterocycles. The number of nitrogens with one attached hydrogen (secondary N) is 1. The number of carbonyl (C=O) groups is 3. The van der Waals surface area contributed by atoms with E-state index in [1.165, 1.54) is 0 Å². The van der Waals surface area contributed by atoms with Crippen molar-refractivity contribution in [3.8, 4) is 0 Å². The van der Waals surface area contributed by atoms with Crippen LogP contribution in [-0.2, 0) is 19.1 Å². The molecular weight excluding hydrogens is 372 g/mol. The molecular formula is C22H36N2O5. The van der Waals surface area contributed by atoms with Gasteiger partial charge < -0.3 is 20.1 Å². The van der Waals surface area contributed by atoms with Gasteiger partial charge in [-0.25, -0.2) is 0 Å². The minimum absolute atomic E-state index is 0.0433. The molecule has 1 heterocycles. The molecule has 0 unspecified atom stereocenters. The average molecular weight is 409 g/mol. The van der Waals surface area contributed by atoms with Crippen molar-refractivity contribution in [3.05, 3.63) is 12.2 Å². The van der Waals surface area contributed by atoms with Gasteiger partial charge in [-0.1, -0.05) is 25.5 Å². The van der Waals surface area contributed by atoms with Gasteiger partial charge in [-0.15, -0.1) is 0 Å². The Kier molecular flexibility index (Phi) is 8.68. The van der Waals surface area contributed by atoms with E-state index in [-0.39, 0.29) is 48.9 Å². The summed E-state index contributed by atoms with van der Waals surface area (Å²) in [5.74, 6) is -2.24. The molecule has 0 saturated carbocycles. The molecule has 2 aliphatic rings. The zero-order valence-electron chi connectivity index (χ0n) is 18.1. The molecule has 0 bridgehead atoms. The highest BCUT2D eigenvalue weighted by Gasteiger charge is 2.57. The van der Waals surface area contributed by atoms with Crippen LogP contribution in [-0.4, -0.2) is 59.6 Å². The van der Waals surface area contributed by atoms with Gasteiger partial charge in [0.05, 0.1) is 18.4 Å². The van der Waals surface area contributed by atoms with Crippen molar-refractivity contribution in [3.63, 3.8) is 0 Å². The maximum atomic E-state index is 13.4. The Morgan fingerprint density at radius 1 is 1.24 bits per heavy atom. The van der Waals surface area contributed by atoms with Gasteiger partial charge in [0.25, 0.3) is 0 Å². The molecule has 164 valence electrons. The van der Waals surface area contributed by atoms with E-state index in [4.69, 9.17) is 9.84 Å². The van der Waals surface area contributed by atoms with E-state index >= 15 is 0 Å². The molecule has 2 N–H and O–H groups in total. The van der Waals surface area contributed by atoms with Gasteiger partial charge in [0.2, 0.25) is 11.8 Å². The number of hydrogen-bond acceptors (Lipinski definition) is 5. The molecule has 1 fully saturated rings. The molecule has 5 atom stereocenters. The first-order chi connectivity index (χ1) is 13.9. The Labute approximate surface area is 173 Å². The summed E-state index contributed by atoms with van der Waals surface area (Å²) in [6.45, 7) is 8.29. The number of allylic oxidation sites excluding steroid dienone is 1. The topological polar surface area (TPSA) is 95.9 Å². The molecule has 29 heavy (non-hydrogen) atoms. The van der Waals surface area contributed by atoms with Crippen LogP contribution in [0.2, 0.25) is 0 Å². The Morgan fingerprint density at radius 3 is 2.55 bits per heavy atom. The number of aliphatic hydroxyl groups excluding tert-OH is 1. The van der Waals surface area contributed by atoms with Gasteiger partial charge in [-0.05, 0) is 46.0 Å². The maximum Gasteiger partial charge on any atom is 0.310 e. The maximum absolute atomic E-state index is 13.4. The molecule has 2 amide bonds. The largest absolute Gasteiger partial charge is 0.466 e. The fraction of sp³-hybridized carbons (Fsp3) is 0.773. The van der Waals surface area contributed by atoms with Gasteiger partial charge in [0, 0.05) is 25.1 Å². The molecule has 0 aromatic rings. The lowest BCUT2D eigenvalue weighted by Gasteiger charge is -2.34. The van der Waals surface area contributed by atoms with Crippen LogP contribution in [0.5, 0.6) is 0 Å². The number of aliphatic hydroxyl groups is 1. The first-order valence-electron chi connectivity index (χ1n) is 10.9. The number of hydrogen-bond donors (Lipinski definition) is 2. The van der Waals surface area contributed by atoms with E-state index in [0.717, 1.165) is 12.8 Å². The van der Waals surface area contributed by atoms with E-state index in [1.807, 2.05) is 26.0 Å².